The van der Waals surface area contributed by atoms with Crippen LogP contribution in [0.5, 0.6) is 5.75 Å². The second kappa shape index (κ2) is 12.5. The van der Waals surface area contributed by atoms with Gasteiger partial charge in [-0.1, -0.05) is 17.7 Å². The van der Waals surface area contributed by atoms with Gasteiger partial charge < -0.3 is 14.8 Å². The van der Waals surface area contributed by atoms with Crippen LogP contribution in [0.25, 0.3) is 0 Å². The summed E-state index contributed by atoms with van der Waals surface area (Å²) >= 11 is 0. The Kier molecular flexibility index (Phi) is 9.93. The Bertz CT molecular complexity index is 1160. The minimum absolute atomic E-state index is 0.0763. The van der Waals surface area contributed by atoms with Gasteiger partial charge in [-0.3, -0.25) is 10.1 Å². The van der Waals surface area contributed by atoms with Crippen LogP contribution in [0.15, 0.2) is 53.4 Å². The number of aryl methyl sites for hydroxylation is 1. The van der Waals surface area contributed by atoms with Crippen molar-refractivity contribution in [2.24, 2.45) is 0 Å². The molecule has 0 aromatic heterocycles. The number of nitro benzene ring substituents is 1. The maximum atomic E-state index is 12.7. The minimum Gasteiger partial charge on any atom is -0.444 e. The smallest absolute Gasteiger partial charge is 0.408 e. The normalized spacial score (nSPS) is 12.4. The molecular weight excluding hydrogens is 490 g/mol. The van der Waals surface area contributed by atoms with Crippen LogP contribution in [-0.2, 0) is 19.6 Å². The van der Waals surface area contributed by atoms with Crippen LogP contribution in [0.3, 0.4) is 0 Å². The van der Waals surface area contributed by atoms with E-state index < -0.39 is 38.7 Å². The molecular formula is C24H31N3O8S. The third-order valence-electron chi connectivity index (χ3n) is 4.78. The molecule has 12 heteroatoms. The molecule has 0 spiro atoms. The van der Waals surface area contributed by atoms with Gasteiger partial charge in [-0.2, -0.15) is 0 Å². The van der Waals surface area contributed by atoms with Crippen molar-refractivity contribution in [1.29, 1.82) is 0 Å². The largest absolute Gasteiger partial charge is 0.444 e. The lowest BCUT2D eigenvalue weighted by Gasteiger charge is -2.23. The summed E-state index contributed by atoms with van der Waals surface area (Å²) in [6.45, 7) is 7.02. The number of hydrogen-bond acceptors (Lipinski definition) is 8. The van der Waals surface area contributed by atoms with E-state index in [4.69, 9.17) is 9.47 Å². The summed E-state index contributed by atoms with van der Waals surface area (Å²) in [5, 5.41) is 13.3. The number of esters is 1. The number of non-ortho nitro benzene ring substituents is 1. The van der Waals surface area contributed by atoms with Gasteiger partial charge in [0.2, 0.25) is 10.0 Å². The molecule has 0 fully saturated rings. The van der Waals surface area contributed by atoms with E-state index in [1.165, 1.54) is 36.4 Å². The number of carbonyl (C=O) groups excluding carboxylic acids is 2. The Morgan fingerprint density at radius 2 is 1.64 bits per heavy atom. The number of alkyl carbamates (subject to hydrolysis) is 1. The highest BCUT2D eigenvalue weighted by Gasteiger charge is 2.26. The molecule has 1 unspecified atom stereocenters. The highest BCUT2D eigenvalue weighted by molar-refractivity contribution is 7.89. The number of nitrogens with one attached hydrogen (secondary N) is 2. The number of benzene rings is 2. The fourth-order valence-corrected chi connectivity index (χ4v) is 4.08. The first-order chi connectivity index (χ1) is 16.8. The summed E-state index contributed by atoms with van der Waals surface area (Å²) in [5.41, 5.74) is -0.00469. The van der Waals surface area contributed by atoms with Gasteiger partial charge in [0.25, 0.3) is 5.69 Å². The zero-order chi connectivity index (χ0) is 26.9. The van der Waals surface area contributed by atoms with Crippen LogP contribution in [-0.4, -0.2) is 43.6 Å². The average Bonchev–Trinajstić information content (AvgIpc) is 2.77. The quantitative estimate of drug-likeness (QED) is 0.149. The minimum atomic E-state index is -3.66. The molecule has 0 saturated carbocycles. The van der Waals surface area contributed by atoms with E-state index in [0.717, 1.165) is 5.56 Å². The van der Waals surface area contributed by atoms with E-state index in [2.05, 4.69) is 10.0 Å². The topological polar surface area (TPSA) is 154 Å². The maximum Gasteiger partial charge on any atom is 0.408 e. The molecule has 0 saturated heterocycles. The van der Waals surface area contributed by atoms with E-state index in [9.17, 15) is 28.1 Å². The molecule has 11 nitrogen and oxygen atoms in total. The van der Waals surface area contributed by atoms with E-state index >= 15 is 0 Å². The maximum absolute atomic E-state index is 12.7. The summed E-state index contributed by atoms with van der Waals surface area (Å²) in [6.07, 6.45) is 0.111. The van der Waals surface area contributed by atoms with Crippen molar-refractivity contribution in [3.05, 3.63) is 64.2 Å². The number of rotatable bonds is 11. The summed E-state index contributed by atoms with van der Waals surface area (Å²) in [6, 6.07) is 10.3. The van der Waals surface area contributed by atoms with Crippen LogP contribution in [0.2, 0.25) is 0 Å². The molecule has 0 aliphatic rings. The van der Waals surface area contributed by atoms with E-state index in [0.29, 0.717) is 12.8 Å². The third kappa shape index (κ3) is 9.62. The van der Waals surface area contributed by atoms with E-state index in [1.54, 1.807) is 32.9 Å². The Morgan fingerprint density at radius 3 is 2.19 bits per heavy atom. The number of unbranched alkanes of at least 4 members (excludes halogenated alkanes) is 1. The molecule has 0 aliphatic heterocycles. The van der Waals surface area contributed by atoms with Crippen molar-refractivity contribution in [3.63, 3.8) is 0 Å². The number of nitrogens with zero attached hydrogens (tertiary/aromatic N) is 1. The first kappa shape index (κ1) is 28.7. The summed E-state index contributed by atoms with van der Waals surface area (Å²) in [4.78, 5) is 35.3. The lowest BCUT2D eigenvalue weighted by atomic mass is 10.1. The van der Waals surface area contributed by atoms with Gasteiger partial charge in [-0.15, -0.1) is 0 Å². The first-order valence-corrected chi connectivity index (χ1v) is 12.8. The van der Waals surface area contributed by atoms with Gasteiger partial charge in [0.05, 0.1) is 9.82 Å². The molecule has 0 aliphatic carbocycles. The zero-order valence-electron chi connectivity index (χ0n) is 20.6. The molecule has 0 bridgehead atoms. The predicted octanol–water partition coefficient (Wildman–Crippen LogP) is 3.85. The highest BCUT2D eigenvalue weighted by atomic mass is 32.2. The molecule has 0 radical (unpaired) electrons. The van der Waals surface area contributed by atoms with Crippen molar-refractivity contribution >= 4 is 27.8 Å². The number of carbonyl (C=O) groups is 2. The number of amides is 1. The molecule has 2 aromatic rings. The zero-order valence-corrected chi connectivity index (χ0v) is 21.5. The lowest BCUT2D eigenvalue weighted by Crippen LogP contribution is -2.45. The van der Waals surface area contributed by atoms with Crippen LogP contribution in [0, 0.1) is 17.0 Å². The molecule has 2 aromatic carbocycles. The Balaban J connectivity index is 1.96. The average molecular weight is 522 g/mol. The molecule has 1 atom stereocenters. The van der Waals surface area contributed by atoms with Gasteiger partial charge in [0.15, 0.2) is 0 Å². The van der Waals surface area contributed by atoms with E-state index in [-0.39, 0.29) is 29.3 Å². The van der Waals surface area contributed by atoms with Crippen molar-refractivity contribution in [3.8, 4) is 5.75 Å². The highest BCUT2D eigenvalue weighted by Crippen LogP contribution is 2.19. The SMILES string of the molecule is Cc1ccc(S(=O)(=O)NCCCCC(NC(=O)OC(C)(C)C)C(=O)Oc2ccc([N+](=O)[O-])cc2)cc1. The lowest BCUT2D eigenvalue weighted by molar-refractivity contribution is -0.384. The molecule has 1 amide bonds. The molecule has 196 valence electrons. The van der Waals surface area contributed by atoms with Crippen LogP contribution >= 0.6 is 0 Å². The fraction of sp³-hybridized carbons (Fsp3) is 0.417. The first-order valence-electron chi connectivity index (χ1n) is 11.3. The molecule has 2 N–H and O–H groups in total. The van der Waals surface area contributed by atoms with Crippen LogP contribution in [0.1, 0.15) is 45.6 Å². The number of ether oxygens (including phenoxy) is 2. The standard InChI is InChI=1S/C24H31N3O8S/c1-17-8-14-20(15-9-17)36(32,33)25-16-6-5-7-21(26-23(29)35-24(2,3)4)22(28)34-19-12-10-18(11-13-19)27(30)31/h8-15,21,25H,5-7,16H2,1-4H3,(H,26,29). The summed E-state index contributed by atoms with van der Waals surface area (Å²) in [7, 11) is -3.66. The fourth-order valence-electron chi connectivity index (χ4n) is 3.00. The van der Waals surface area contributed by atoms with Crippen molar-refractivity contribution in [2.45, 2.75) is 63.5 Å². The van der Waals surface area contributed by atoms with Crippen molar-refractivity contribution in [1.82, 2.24) is 10.0 Å². The van der Waals surface area contributed by atoms with E-state index in [1.807, 2.05) is 6.92 Å². The van der Waals surface area contributed by atoms with Crippen molar-refractivity contribution in [2.75, 3.05) is 6.54 Å². The molecule has 0 heterocycles. The van der Waals surface area contributed by atoms with Gasteiger partial charge in [0, 0.05) is 18.7 Å². The monoisotopic (exact) mass is 521 g/mol. The van der Waals surface area contributed by atoms with Gasteiger partial charge >= 0.3 is 12.1 Å². The number of nitro groups is 1. The summed E-state index contributed by atoms with van der Waals surface area (Å²) < 4.78 is 37.8. The Labute approximate surface area is 210 Å². The Morgan fingerprint density at radius 1 is 1.03 bits per heavy atom. The second-order valence-electron chi connectivity index (χ2n) is 9.08. The van der Waals surface area contributed by atoms with Crippen molar-refractivity contribution < 1.29 is 32.4 Å². The molecule has 2 rings (SSSR count). The van der Waals surface area contributed by atoms with Crippen LogP contribution < -0.4 is 14.8 Å². The predicted molar refractivity (Wildman–Crippen MR) is 132 cm³/mol. The Hall–Kier alpha value is -3.51. The van der Waals surface area contributed by atoms with Crippen LogP contribution in [0.4, 0.5) is 10.5 Å². The van der Waals surface area contributed by atoms with Gasteiger partial charge in [-0.05, 0) is 71.2 Å². The molecule has 36 heavy (non-hydrogen) atoms. The van der Waals surface area contributed by atoms with Gasteiger partial charge in [-0.25, -0.2) is 22.7 Å². The summed E-state index contributed by atoms with van der Waals surface area (Å²) in [5.74, 6) is -0.706. The number of hydrogen-bond donors (Lipinski definition) is 2. The number of sulfonamides is 1. The third-order valence-corrected chi connectivity index (χ3v) is 6.26. The van der Waals surface area contributed by atoms with Gasteiger partial charge in [0.1, 0.15) is 17.4 Å². The second-order valence-corrected chi connectivity index (χ2v) is 10.8.